The van der Waals surface area contributed by atoms with Crippen molar-refractivity contribution in [2.24, 2.45) is 0 Å². The van der Waals surface area contributed by atoms with Crippen LogP contribution in [-0.4, -0.2) is 19.1 Å². The number of halogens is 2. The minimum Gasteiger partial charge on any atom is -0.284 e. The molecule has 2 aromatic heterocycles. The molecule has 0 N–H and O–H groups in total. The van der Waals surface area contributed by atoms with Crippen LogP contribution < -0.4 is 5.56 Å². The molecule has 8 heteroatoms. The highest BCUT2D eigenvalue weighted by Gasteiger charge is 2.17. The first-order valence-corrected chi connectivity index (χ1v) is 8.95. The SMILES string of the molecule is CCC(C)n1c(SCc2nccn2C(F)F)nc2ccccc2c1=O. The average Bonchev–Trinajstić information content (AvgIpc) is 3.08. The Morgan fingerprint density at radius 1 is 1.28 bits per heavy atom. The molecule has 0 saturated heterocycles. The van der Waals surface area contributed by atoms with Crippen molar-refractivity contribution in [1.82, 2.24) is 19.1 Å². The van der Waals surface area contributed by atoms with Gasteiger partial charge in [-0.25, -0.2) is 9.97 Å². The molecule has 5 nitrogen and oxygen atoms in total. The Hall–Kier alpha value is -2.22. The first-order valence-electron chi connectivity index (χ1n) is 7.96. The van der Waals surface area contributed by atoms with Gasteiger partial charge < -0.3 is 0 Å². The van der Waals surface area contributed by atoms with E-state index in [1.807, 2.05) is 19.9 Å². The summed E-state index contributed by atoms with van der Waals surface area (Å²) >= 11 is 1.24. The Morgan fingerprint density at radius 2 is 2.04 bits per heavy atom. The first-order chi connectivity index (χ1) is 12.0. The lowest BCUT2D eigenvalue weighted by Gasteiger charge is -2.18. The maximum atomic E-state index is 13.0. The number of hydrogen-bond acceptors (Lipinski definition) is 4. The van der Waals surface area contributed by atoms with Gasteiger partial charge in [0.1, 0.15) is 5.82 Å². The molecule has 0 aliphatic carbocycles. The molecule has 1 unspecified atom stereocenters. The third-order valence-corrected chi connectivity index (χ3v) is 5.05. The van der Waals surface area contributed by atoms with Crippen LogP contribution in [0.25, 0.3) is 10.9 Å². The molecule has 0 saturated carbocycles. The van der Waals surface area contributed by atoms with Crippen molar-refractivity contribution in [2.75, 3.05) is 0 Å². The summed E-state index contributed by atoms with van der Waals surface area (Å²) < 4.78 is 28.4. The van der Waals surface area contributed by atoms with Gasteiger partial charge in [-0.2, -0.15) is 8.78 Å². The number of thioether (sulfide) groups is 1. The normalized spacial score (nSPS) is 12.8. The van der Waals surface area contributed by atoms with Crippen LogP contribution in [0, 0.1) is 0 Å². The quantitative estimate of drug-likeness (QED) is 0.485. The molecular weight excluding hydrogens is 346 g/mol. The molecule has 0 spiro atoms. The first kappa shape index (κ1) is 17.6. The third-order valence-electron chi connectivity index (χ3n) is 4.10. The van der Waals surface area contributed by atoms with Crippen LogP contribution in [0.4, 0.5) is 8.78 Å². The predicted octanol–water partition coefficient (Wildman–Crippen LogP) is 4.25. The molecule has 0 aliphatic heterocycles. The van der Waals surface area contributed by atoms with E-state index in [1.165, 1.54) is 24.2 Å². The molecule has 0 bridgehead atoms. The predicted molar refractivity (Wildman–Crippen MR) is 94.0 cm³/mol. The number of hydrogen-bond donors (Lipinski definition) is 0. The number of rotatable bonds is 6. The zero-order valence-corrected chi connectivity index (χ0v) is 14.7. The molecule has 0 fully saturated rings. The summed E-state index contributed by atoms with van der Waals surface area (Å²) in [4.78, 5) is 21.4. The van der Waals surface area contributed by atoms with Gasteiger partial charge in [-0.15, -0.1) is 0 Å². The van der Waals surface area contributed by atoms with Crippen molar-refractivity contribution in [3.05, 3.63) is 52.8 Å². The van der Waals surface area contributed by atoms with E-state index in [-0.39, 0.29) is 23.2 Å². The molecule has 25 heavy (non-hydrogen) atoms. The Labute approximate surface area is 147 Å². The van der Waals surface area contributed by atoms with Crippen molar-refractivity contribution < 1.29 is 8.78 Å². The van der Waals surface area contributed by atoms with Crippen molar-refractivity contribution in [3.8, 4) is 0 Å². The molecule has 1 aromatic carbocycles. The lowest BCUT2D eigenvalue weighted by molar-refractivity contribution is 0.0678. The number of fused-ring (bicyclic) bond motifs is 1. The summed E-state index contributed by atoms with van der Waals surface area (Å²) in [5.74, 6) is 0.455. The van der Waals surface area contributed by atoms with Crippen molar-refractivity contribution >= 4 is 22.7 Å². The van der Waals surface area contributed by atoms with Crippen LogP contribution in [0.15, 0.2) is 46.6 Å². The Kier molecular flexibility index (Phi) is 5.17. The summed E-state index contributed by atoms with van der Waals surface area (Å²) in [7, 11) is 0. The van der Waals surface area contributed by atoms with Gasteiger partial charge >= 0.3 is 6.55 Å². The van der Waals surface area contributed by atoms with Crippen LogP contribution in [-0.2, 0) is 5.75 Å². The molecule has 0 radical (unpaired) electrons. The van der Waals surface area contributed by atoms with Crippen LogP contribution in [0.2, 0.25) is 0 Å². The van der Waals surface area contributed by atoms with Gasteiger partial charge in [0.15, 0.2) is 5.16 Å². The molecule has 2 heterocycles. The molecule has 3 aromatic rings. The summed E-state index contributed by atoms with van der Waals surface area (Å²) in [5.41, 5.74) is 0.492. The molecular formula is C17H18F2N4OS. The fourth-order valence-electron chi connectivity index (χ4n) is 2.56. The van der Waals surface area contributed by atoms with E-state index in [4.69, 9.17) is 0 Å². The zero-order chi connectivity index (χ0) is 18.0. The number of aromatic nitrogens is 4. The standard InChI is InChI=1S/C17H18F2N4OS/c1-3-11(2)23-15(24)12-6-4-5-7-13(12)21-17(23)25-10-14-20-8-9-22(14)16(18)19/h4-9,11,16H,3,10H2,1-2H3. The average molecular weight is 364 g/mol. The summed E-state index contributed by atoms with van der Waals surface area (Å²) in [6.45, 7) is 1.30. The zero-order valence-electron chi connectivity index (χ0n) is 13.9. The highest BCUT2D eigenvalue weighted by molar-refractivity contribution is 7.98. The van der Waals surface area contributed by atoms with E-state index in [0.29, 0.717) is 16.1 Å². The minimum absolute atomic E-state index is 0.0399. The van der Waals surface area contributed by atoms with E-state index < -0.39 is 6.55 Å². The number of benzene rings is 1. The second kappa shape index (κ2) is 7.35. The number of nitrogens with zero attached hydrogens (tertiary/aromatic N) is 4. The van der Waals surface area contributed by atoms with Crippen molar-refractivity contribution in [1.29, 1.82) is 0 Å². The van der Waals surface area contributed by atoms with E-state index >= 15 is 0 Å². The van der Waals surface area contributed by atoms with Crippen LogP contribution in [0.1, 0.15) is 38.7 Å². The fourth-order valence-corrected chi connectivity index (χ4v) is 3.61. The molecule has 132 valence electrons. The number of alkyl halides is 2. The largest absolute Gasteiger partial charge is 0.319 e. The second-order valence-electron chi connectivity index (χ2n) is 5.66. The smallest absolute Gasteiger partial charge is 0.284 e. The maximum Gasteiger partial charge on any atom is 0.319 e. The fraction of sp³-hybridized carbons (Fsp3) is 0.353. The molecule has 0 aliphatic rings. The monoisotopic (exact) mass is 364 g/mol. The van der Waals surface area contributed by atoms with E-state index in [9.17, 15) is 13.6 Å². The van der Waals surface area contributed by atoms with Gasteiger partial charge in [0, 0.05) is 18.4 Å². The highest BCUT2D eigenvalue weighted by atomic mass is 32.2. The van der Waals surface area contributed by atoms with Crippen molar-refractivity contribution in [3.63, 3.8) is 0 Å². The molecule has 1 atom stereocenters. The molecule has 0 amide bonds. The summed E-state index contributed by atoms with van der Waals surface area (Å²) in [6.07, 6.45) is 3.35. The lowest BCUT2D eigenvalue weighted by atomic mass is 10.2. The highest BCUT2D eigenvalue weighted by Crippen LogP contribution is 2.26. The van der Waals surface area contributed by atoms with Gasteiger partial charge in [-0.05, 0) is 25.5 Å². The van der Waals surface area contributed by atoms with Crippen LogP contribution >= 0.6 is 11.8 Å². The second-order valence-corrected chi connectivity index (χ2v) is 6.60. The van der Waals surface area contributed by atoms with Crippen LogP contribution in [0.3, 0.4) is 0 Å². The summed E-state index contributed by atoms with van der Waals surface area (Å²) in [5, 5.41) is 1.07. The minimum atomic E-state index is -2.64. The number of imidazole rings is 1. The topological polar surface area (TPSA) is 52.7 Å². The van der Waals surface area contributed by atoms with E-state index in [0.717, 1.165) is 11.0 Å². The Bertz CT molecular complexity index is 938. The Balaban J connectivity index is 2.02. The lowest BCUT2D eigenvalue weighted by Crippen LogP contribution is -2.26. The Morgan fingerprint density at radius 3 is 2.76 bits per heavy atom. The summed E-state index contributed by atoms with van der Waals surface area (Å²) in [6, 6.07) is 7.12. The van der Waals surface area contributed by atoms with E-state index in [1.54, 1.807) is 22.8 Å². The van der Waals surface area contributed by atoms with Crippen molar-refractivity contribution in [2.45, 2.75) is 43.8 Å². The maximum absolute atomic E-state index is 13.0. The van der Waals surface area contributed by atoms with Gasteiger partial charge in [-0.1, -0.05) is 30.8 Å². The third kappa shape index (κ3) is 3.44. The van der Waals surface area contributed by atoms with Gasteiger partial charge in [0.2, 0.25) is 0 Å². The van der Waals surface area contributed by atoms with Gasteiger partial charge in [0.25, 0.3) is 5.56 Å². The van der Waals surface area contributed by atoms with Crippen LogP contribution in [0.5, 0.6) is 0 Å². The van der Waals surface area contributed by atoms with E-state index in [2.05, 4.69) is 9.97 Å². The van der Waals surface area contributed by atoms with Gasteiger partial charge in [-0.3, -0.25) is 13.9 Å². The molecule has 3 rings (SSSR count). The number of para-hydroxylation sites is 1. The van der Waals surface area contributed by atoms with Gasteiger partial charge in [0.05, 0.1) is 16.7 Å².